The summed E-state index contributed by atoms with van der Waals surface area (Å²) in [4.78, 5) is 15.9. The van der Waals surface area contributed by atoms with Crippen molar-refractivity contribution in [2.75, 3.05) is 31.2 Å². The van der Waals surface area contributed by atoms with E-state index < -0.39 is 4.92 Å². The minimum Gasteiger partial charge on any atom is -0.394 e. The van der Waals surface area contributed by atoms with Crippen LogP contribution in [0.3, 0.4) is 0 Å². The number of pyridine rings is 1. The van der Waals surface area contributed by atoms with Crippen molar-refractivity contribution in [1.82, 2.24) is 4.98 Å². The first-order chi connectivity index (χ1) is 9.15. The Labute approximate surface area is 109 Å². The molecule has 1 aromatic heterocycles. The molecule has 0 aromatic carbocycles. The van der Waals surface area contributed by atoms with Crippen LogP contribution in [0.5, 0.6) is 0 Å². The van der Waals surface area contributed by atoms with Gasteiger partial charge in [-0.15, -0.1) is 0 Å². The zero-order valence-electron chi connectivity index (χ0n) is 10.0. The van der Waals surface area contributed by atoms with E-state index in [0.29, 0.717) is 25.5 Å². The highest BCUT2D eigenvalue weighted by Crippen LogP contribution is 2.22. The van der Waals surface area contributed by atoms with E-state index in [2.05, 4.69) is 4.98 Å². The predicted molar refractivity (Wildman–Crippen MR) is 64.6 cm³/mol. The molecule has 1 aromatic rings. The van der Waals surface area contributed by atoms with Crippen molar-refractivity contribution in [2.24, 2.45) is 0 Å². The molecule has 8 nitrogen and oxygen atoms in total. The van der Waals surface area contributed by atoms with Gasteiger partial charge in [-0.25, -0.2) is 4.98 Å². The summed E-state index contributed by atoms with van der Waals surface area (Å²) in [5.74, 6) is 0.476. The fraction of sp³-hybridized carbons (Fsp3) is 0.455. The molecule has 1 fully saturated rings. The second-order valence-corrected chi connectivity index (χ2v) is 4.03. The highest BCUT2D eigenvalue weighted by Gasteiger charge is 2.23. The molecule has 19 heavy (non-hydrogen) atoms. The molecular weight excluding hydrogens is 252 g/mol. The molecule has 2 rings (SSSR count). The molecule has 0 radical (unpaired) electrons. The predicted octanol–water partition coefficient (Wildman–Crippen LogP) is 0.0590. The number of nitrogens with zero attached hydrogens (tertiary/aromatic N) is 4. The van der Waals surface area contributed by atoms with Gasteiger partial charge in [0.2, 0.25) is 5.69 Å². The van der Waals surface area contributed by atoms with E-state index in [9.17, 15) is 10.1 Å². The van der Waals surface area contributed by atoms with E-state index in [1.165, 1.54) is 12.1 Å². The van der Waals surface area contributed by atoms with Crippen molar-refractivity contribution >= 4 is 11.5 Å². The van der Waals surface area contributed by atoms with Crippen LogP contribution in [0.4, 0.5) is 11.5 Å². The van der Waals surface area contributed by atoms with Crippen LogP contribution in [-0.4, -0.2) is 47.4 Å². The van der Waals surface area contributed by atoms with Crippen LogP contribution in [0.2, 0.25) is 0 Å². The molecule has 8 heteroatoms. The molecule has 100 valence electrons. The summed E-state index contributed by atoms with van der Waals surface area (Å²) in [6, 6.07) is 4.49. The number of anilines is 1. The monoisotopic (exact) mass is 264 g/mol. The van der Waals surface area contributed by atoms with Gasteiger partial charge >= 0.3 is 5.69 Å². The minimum atomic E-state index is -0.634. The summed E-state index contributed by atoms with van der Waals surface area (Å²) in [7, 11) is 0. The molecule has 1 atom stereocenters. The lowest BCUT2D eigenvalue weighted by molar-refractivity contribution is -0.385. The SMILES string of the molecule is N#Cc1nc(N2CCOC(CO)C2)ccc1[N+](=O)[O-]. The third kappa shape index (κ3) is 2.78. The average Bonchev–Trinajstić information content (AvgIpc) is 2.46. The number of nitriles is 1. The van der Waals surface area contributed by atoms with Crippen molar-refractivity contribution in [1.29, 1.82) is 5.26 Å². The van der Waals surface area contributed by atoms with E-state index in [1.807, 2.05) is 4.90 Å². The zero-order valence-corrected chi connectivity index (χ0v) is 10.0. The summed E-state index contributed by atoms with van der Waals surface area (Å²) in [6.45, 7) is 1.33. The molecule has 2 heterocycles. The van der Waals surface area contributed by atoms with E-state index in [4.69, 9.17) is 15.1 Å². The lowest BCUT2D eigenvalue weighted by Gasteiger charge is -2.32. The molecule has 1 saturated heterocycles. The fourth-order valence-corrected chi connectivity index (χ4v) is 1.89. The lowest BCUT2D eigenvalue weighted by atomic mass is 10.2. The number of aromatic nitrogens is 1. The Morgan fingerprint density at radius 1 is 1.68 bits per heavy atom. The summed E-state index contributed by atoms with van der Waals surface area (Å²) in [5, 5.41) is 28.7. The molecule has 1 aliphatic heterocycles. The van der Waals surface area contributed by atoms with Crippen LogP contribution in [-0.2, 0) is 4.74 Å². The zero-order chi connectivity index (χ0) is 13.8. The fourth-order valence-electron chi connectivity index (χ4n) is 1.89. The second-order valence-electron chi connectivity index (χ2n) is 4.03. The van der Waals surface area contributed by atoms with Gasteiger partial charge in [-0.05, 0) is 6.07 Å². The first-order valence-electron chi connectivity index (χ1n) is 5.68. The Kier molecular flexibility index (Phi) is 3.89. The van der Waals surface area contributed by atoms with Gasteiger partial charge in [0.25, 0.3) is 0 Å². The highest BCUT2D eigenvalue weighted by molar-refractivity contribution is 5.51. The largest absolute Gasteiger partial charge is 0.394 e. The van der Waals surface area contributed by atoms with Crippen LogP contribution in [0.15, 0.2) is 12.1 Å². The number of nitro groups is 1. The van der Waals surface area contributed by atoms with Crippen LogP contribution < -0.4 is 4.90 Å². The van der Waals surface area contributed by atoms with Gasteiger partial charge in [0.05, 0.1) is 24.2 Å². The summed E-state index contributed by atoms with van der Waals surface area (Å²) in [5.41, 5.74) is -0.521. The third-order valence-corrected chi connectivity index (χ3v) is 2.83. The summed E-state index contributed by atoms with van der Waals surface area (Å²) >= 11 is 0. The maximum Gasteiger partial charge on any atom is 0.305 e. The van der Waals surface area contributed by atoms with E-state index in [-0.39, 0.29) is 24.1 Å². The lowest BCUT2D eigenvalue weighted by Crippen LogP contribution is -2.44. The topological polar surface area (TPSA) is 113 Å². The van der Waals surface area contributed by atoms with Crippen molar-refractivity contribution < 1.29 is 14.8 Å². The Balaban J connectivity index is 2.26. The smallest absolute Gasteiger partial charge is 0.305 e. The molecule has 0 aliphatic carbocycles. The van der Waals surface area contributed by atoms with Crippen molar-refractivity contribution in [3.8, 4) is 6.07 Å². The molecule has 1 aliphatic rings. The van der Waals surface area contributed by atoms with Crippen molar-refractivity contribution in [2.45, 2.75) is 6.10 Å². The summed E-state index contributed by atoms with van der Waals surface area (Å²) < 4.78 is 5.30. The Bertz CT molecular complexity index is 528. The number of hydrogen-bond acceptors (Lipinski definition) is 7. The van der Waals surface area contributed by atoms with Crippen molar-refractivity contribution in [3.63, 3.8) is 0 Å². The Morgan fingerprint density at radius 2 is 2.47 bits per heavy atom. The standard InChI is InChI=1S/C11H12N4O4/c12-5-9-10(15(17)18)1-2-11(13-9)14-3-4-19-8(6-14)7-16/h1-2,8,16H,3-4,6-7H2. The molecule has 1 unspecified atom stereocenters. The first-order valence-corrected chi connectivity index (χ1v) is 5.68. The highest BCUT2D eigenvalue weighted by atomic mass is 16.6. The van der Waals surface area contributed by atoms with E-state index in [1.54, 1.807) is 6.07 Å². The molecule has 1 N–H and O–H groups in total. The van der Waals surface area contributed by atoms with Gasteiger partial charge in [0.1, 0.15) is 11.9 Å². The van der Waals surface area contributed by atoms with Gasteiger partial charge in [-0.3, -0.25) is 10.1 Å². The molecular formula is C11H12N4O4. The summed E-state index contributed by atoms with van der Waals surface area (Å²) in [6.07, 6.45) is -0.309. The number of morpholine rings is 1. The molecule has 0 saturated carbocycles. The van der Waals surface area contributed by atoms with Gasteiger partial charge < -0.3 is 14.7 Å². The van der Waals surface area contributed by atoms with Gasteiger partial charge in [0, 0.05) is 19.2 Å². The van der Waals surface area contributed by atoms with Gasteiger partial charge in [-0.2, -0.15) is 5.26 Å². The number of rotatable bonds is 3. The number of aliphatic hydroxyl groups excluding tert-OH is 1. The maximum atomic E-state index is 10.7. The minimum absolute atomic E-state index is 0.103. The van der Waals surface area contributed by atoms with Gasteiger partial charge in [-0.1, -0.05) is 0 Å². The first kappa shape index (κ1) is 13.2. The van der Waals surface area contributed by atoms with Gasteiger partial charge in [0.15, 0.2) is 0 Å². The van der Waals surface area contributed by atoms with E-state index in [0.717, 1.165) is 0 Å². The van der Waals surface area contributed by atoms with Crippen molar-refractivity contribution in [3.05, 3.63) is 27.9 Å². The molecule has 0 spiro atoms. The van der Waals surface area contributed by atoms with Crippen LogP contribution in [0.1, 0.15) is 5.69 Å². The van der Waals surface area contributed by atoms with Crippen LogP contribution in [0, 0.1) is 21.4 Å². The quantitative estimate of drug-likeness (QED) is 0.606. The maximum absolute atomic E-state index is 10.7. The normalized spacial score (nSPS) is 18.9. The molecule has 0 amide bonds. The average molecular weight is 264 g/mol. The Morgan fingerprint density at radius 3 is 3.11 bits per heavy atom. The van der Waals surface area contributed by atoms with E-state index >= 15 is 0 Å². The third-order valence-electron chi connectivity index (χ3n) is 2.83. The molecule has 0 bridgehead atoms. The number of hydrogen-bond donors (Lipinski definition) is 1. The van der Waals surface area contributed by atoms with Crippen LogP contribution >= 0.6 is 0 Å². The van der Waals surface area contributed by atoms with Crippen LogP contribution in [0.25, 0.3) is 0 Å². The second kappa shape index (κ2) is 5.60. The number of ether oxygens (including phenoxy) is 1. The Hall–Kier alpha value is -2.24. The number of aliphatic hydroxyl groups is 1.